The van der Waals surface area contributed by atoms with Crippen molar-refractivity contribution in [2.75, 3.05) is 6.16 Å². The van der Waals surface area contributed by atoms with E-state index >= 15 is 0 Å². The summed E-state index contributed by atoms with van der Waals surface area (Å²) in [4.78, 5) is 0. The van der Waals surface area contributed by atoms with E-state index in [2.05, 4.69) is 91.0 Å². The molecule has 0 N–H and O–H groups in total. The molecule has 194 valence electrons. The third-order valence-corrected chi connectivity index (χ3v) is 12.7. The minimum absolute atomic E-state index is 0. The first-order valence-corrected chi connectivity index (χ1v) is 16.4. The summed E-state index contributed by atoms with van der Waals surface area (Å²) in [7, 11) is -1.64. The van der Waals surface area contributed by atoms with Crippen LogP contribution >= 0.6 is 7.26 Å². The van der Waals surface area contributed by atoms with Gasteiger partial charge in [-0.15, -0.1) is 0 Å². The smallest absolute Gasteiger partial charge is 0.112 e. The Kier molecular flexibility index (Phi) is 13.1. The van der Waals surface area contributed by atoms with Crippen LogP contribution in [0.1, 0.15) is 89.9 Å². The van der Waals surface area contributed by atoms with Gasteiger partial charge in [-0.1, -0.05) is 132 Å². The highest BCUT2D eigenvalue weighted by atomic mass is 35.5. The summed E-state index contributed by atoms with van der Waals surface area (Å²) >= 11 is 0. The van der Waals surface area contributed by atoms with Crippen LogP contribution in [-0.2, 0) is 0 Å². The Morgan fingerprint density at radius 1 is 0.472 bits per heavy atom. The zero-order valence-electron chi connectivity index (χ0n) is 22.2. The van der Waals surface area contributed by atoms with Gasteiger partial charge in [-0.3, -0.25) is 0 Å². The molecule has 2 heteroatoms. The third-order valence-electron chi connectivity index (χ3n) is 8.17. The summed E-state index contributed by atoms with van der Waals surface area (Å²) in [5.41, 5.74) is 0. The first-order valence-electron chi connectivity index (χ1n) is 14.4. The minimum atomic E-state index is -1.64. The molecule has 0 aromatic heterocycles. The van der Waals surface area contributed by atoms with Crippen molar-refractivity contribution in [3.8, 4) is 0 Å². The Bertz CT molecular complexity index is 838. The van der Waals surface area contributed by atoms with Gasteiger partial charge in [0.05, 0.1) is 6.16 Å². The second-order valence-corrected chi connectivity index (χ2v) is 14.3. The van der Waals surface area contributed by atoms with E-state index in [1.54, 1.807) is 0 Å². The van der Waals surface area contributed by atoms with E-state index in [0.717, 1.165) is 5.92 Å². The number of rotatable bonds is 14. The van der Waals surface area contributed by atoms with Gasteiger partial charge in [-0.2, -0.15) is 0 Å². The van der Waals surface area contributed by atoms with Gasteiger partial charge < -0.3 is 12.4 Å². The van der Waals surface area contributed by atoms with Crippen LogP contribution in [0.4, 0.5) is 0 Å². The molecule has 0 aliphatic heterocycles. The largest absolute Gasteiger partial charge is 1.00 e. The molecule has 0 heterocycles. The fourth-order valence-electron chi connectivity index (χ4n) is 6.20. The van der Waals surface area contributed by atoms with E-state index in [-0.39, 0.29) is 12.4 Å². The van der Waals surface area contributed by atoms with Crippen LogP contribution in [0.25, 0.3) is 0 Å². The monoisotopic (exact) mass is 520 g/mol. The van der Waals surface area contributed by atoms with E-state index < -0.39 is 7.26 Å². The lowest BCUT2D eigenvalue weighted by Crippen LogP contribution is -3.00. The Morgan fingerprint density at radius 3 is 1.31 bits per heavy atom. The normalized spacial score (nSPS) is 14.3. The Balaban J connectivity index is 0.00000361. The van der Waals surface area contributed by atoms with Gasteiger partial charge in [0.1, 0.15) is 23.2 Å². The molecule has 0 nitrogen and oxygen atoms in total. The Hall–Kier alpha value is -1.62. The van der Waals surface area contributed by atoms with Gasteiger partial charge in [0.2, 0.25) is 0 Å². The molecule has 0 amide bonds. The molecule has 3 aromatic carbocycles. The van der Waals surface area contributed by atoms with Crippen LogP contribution < -0.4 is 28.3 Å². The van der Waals surface area contributed by atoms with Crippen LogP contribution in [-0.4, -0.2) is 6.16 Å². The van der Waals surface area contributed by atoms with Gasteiger partial charge in [0, 0.05) is 0 Å². The molecule has 0 spiro atoms. The summed E-state index contributed by atoms with van der Waals surface area (Å²) in [5.74, 6) is 1.06. The molecule has 1 saturated carbocycles. The first kappa shape index (κ1) is 28.9. The third kappa shape index (κ3) is 8.19. The molecule has 3 aromatic rings. The van der Waals surface area contributed by atoms with Crippen molar-refractivity contribution < 1.29 is 12.4 Å². The van der Waals surface area contributed by atoms with Gasteiger partial charge in [-0.25, -0.2) is 0 Å². The molecule has 1 aliphatic carbocycles. The molecule has 0 saturated heterocycles. The maximum absolute atomic E-state index is 2.38. The molecule has 4 rings (SSSR count). The van der Waals surface area contributed by atoms with Crippen molar-refractivity contribution >= 4 is 23.2 Å². The Labute approximate surface area is 228 Å². The zero-order chi connectivity index (χ0) is 24.0. The number of benzene rings is 3. The van der Waals surface area contributed by atoms with E-state index in [1.807, 2.05) is 0 Å². The lowest BCUT2D eigenvalue weighted by Gasteiger charge is -2.27. The first-order chi connectivity index (χ1) is 17.4. The minimum Gasteiger partial charge on any atom is -1.00 e. The summed E-state index contributed by atoms with van der Waals surface area (Å²) in [6.45, 7) is 0. The summed E-state index contributed by atoms with van der Waals surface area (Å²) in [6.07, 6.45) is 21.6. The second kappa shape index (κ2) is 16.3. The topological polar surface area (TPSA) is 0 Å². The highest BCUT2D eigenvalue weighted by molar-refractivity contribution is 7.95. The average Bonchev–Trinajstić information content (AvgIpc) is 2.94. The maximum atomic E-state index is 2.38. The molecular weight excluding hydrogens is 475 g/mol. The molecule has 36 heavy (non-hydrogen) atoms. The predicted molar refractivity (Wildman–Crippen MR) is 158 cm³/mol. The standard InChI is InChI=1S/C34H46P.ClH/c1(3-5-11-21-31-22-12-7-13-23-31)2-4-6-20-30-35(32-24-14-8-15-25-32,33-26-16-9-17-27-33)34-28-18-10-19-29-34;/h8-10,14-19,24-29,31H,1-7,11-13,20-23,30H2;1H/q+1;/p-1. The number of unbranched alkanes of at least 4 members (excludes halogenated alkanes) is 7. The van der Waals surface area contributed by atoms with Crippen molar-refractivity contribution in [3.63, 3.8) is 0 Å². The molecule has 0 unspecified atom stereocenters. The number of halogens is 1. The number of hydrogen-bond donors (Lipinski definition) is 0. The second-order valence-electron chi connectivity index (χ2n) is 10.7. The molecule has 1 aliphatic rings. The fourth-order valence-corrected chi connectivity index (χ4v) is 10.6. The van der Waals surface area contributed by atoms with E-state index in [9.17, 15) is 0 Å². The van der Waals surface area contributed by atoms with Crippen molar-refractivity contribution in [1.82, 2.24) is 0 Å². The van der Waals surface area contributed by atoms with Crippen LogP contribution in [0, 0.1) is 5.92 Å². The molecule has 0 bridgehead atoms. The van der Waals surface area contributed by atoms with Crippen molar-refractivity contribution in [2.24, 2.45) is 5.92 Å². The van der Waals surface area contributed by atoms with E-state index in [1.165, 1.54) is 112 Å². The van der Waals surface area contributed by atoms with Gasteiger partial charge in [-0.05, 0) is 55.2 Å². The molecule has 1 fully saturated rings. The summed E-state index contributed by atoms with van der Waals surface area (Å²) in [6, 6.07) is 34.1. The zero-order valence-corrected chi connectivity index (χ0v) is 23.8. The van der Waals surface area contributed by atoms with Gasteiger partial charge >= 0.3 is 0 Å². The SMILES string of the molecule is [Cl-].c1ccc([P+](CCCCCCCCCCC2CCCCC2)(c2ccccc2)c2ccccc2)cc1. The van der Waals surface area contributed by atoms with Crippen LogP contribution in [0.5, 0.6) is 0 Å². The molecular formula is C34H46ClP. The Morgan fingerprint density at radius 2 is 0.861 bits per heavy atom. The lowest BCUT2D eigenvalue weighted by atomic mass is 9.85. The van der Waals surface area contributed by atoms with E-state index in [0.29, 0.717) is 0 Å². The number of hydrogen-bond acceptors (Lipinski definition) is 0. The van der Waals surface area contributed by atoms with Gasteiger partial charge in [0.15, 0.2) is 0 Å². The quantitative estimate of drug-likeness (QED) is 0.178. The summed E-state index contributed by atoms with van der Waals surface area (Å²) in [5, 5.41) is 4.57. The highest BCUT2D eigenvalue weighted by Crippen LogP contribution is 2.56. The molecule has 0 radical (unpaired) electrons. The maximum Gasteiger partial charge on any atom is 0.112 e. The van der Waals surface area contributed by atoms with E-state index in [4.69, 9.17) is 0 Å². The van der Waals surface area contributed by atoms with Gasteiger partial charge in [0.25, 0.3) is 0 Å². The van der Waals surface area contributed by atoms with Crippen LogP contribution in [0.3, 0.4) is 0 Å². The fraction of sp³-hybridized carbons (Fsp3) is 0.471. The average molecular weight is 521 g/mol. The highest BCUT2D eigenvalue weighted by Gasteiger charge is 2.44. The van der Waals surface area contributed by atoms with Crippen molar-refractivity contribution in [2.45, 2.75) is 89.9 Å². The van der Waals surface area contributed by atoms with Crippen LogP contribution in [0.2, 0.25) is 0 Å². The van der Waals surface area contributed by atoms with Crippen molar-refractivity contribution in [3.05, 3.63) is 91.0 Å². The molecule has 0 atom stereocenters. The van der Waals surface area contributed by atoms with Crippen LogP contribution in [0.15, 0.2) is 91.0 Å². The summed E-state index contributed by atoms with van der Waals surface area (Å²) < 4.78 is 0. The predicted octanol–water partition coefficient (Wildman–Crippen LogP) is 6.08. The van der Waals surface area contributed by atoms with Crippen molar-refractivity contribution in [1.29, 1.82) is 0 Å². The lowest BCUT2D eigenvalue weighted by molar-refractivity contribution is -0.00000711.